The molecular formula is C19H25N3O2. The van der Waals surface area contributed by atoms with Gasteiger partial charge in [0.15, 0.2) is 0 Å². The molecule has 1 aliphatic rings. The van der Waals surface area contributed by atoms with Crippen molar-refractivity contribution in [1.82, 2.24) is 15.1 Å². The molecule has 2 aromatic rings. The van der Waals surface area contributed by atoms with E-state index in [0.29, 0.717) is 5.69 Å². The Hall–Kier alpha value is -2.30. The number of aromatic nitrogens is 2. The third-order valence-corrected chi connectivity index (χ3v) is 4.63. The molecule has 1 atom stereocenters. The van der Waals surface area contributed by atoms with E-state index in [1.165, 1.54) is 0 Å². The maximum absolute atomic E-state index is 12.9. The van der Waals surface area contributed by atoms with E-state index in [1.807, 2.05) is 23.1 Å². The monoisotopic (exact) mass is 327 g/mol. The lowest BCUT2D eigenvalue weighted by molar-refractivity contribution is 0.0605. The number of amides is 1. The molecule has 1 N–H and O–H groups in total. The minimum absolute atomic E-state index is 0.0223. The van der Waals surface area contributed by atoms with Gasteiger partial charge in [-0.1, -0.05) is 25.5 Å². The first-order valence-corrected chi connectivity index (χ1v) is 8.72. The van der Waals surface area contributed by atoms with Crippen LogP contribution in [0.3, 0.4) is 0 Å². The quantitative estimate of drug-likeness (QED) is 0.910. The van der Waals surface area contributed by atoms with Gasteiger partial charge in [0.05, 0.1) is 13.2 Å². The average Bonchev–Trinajstić information content (AvgIpc) is 3.10. The number of carbonyl (C=O) groups is 1. The van der Waals surface area contributed by atoms with Gasteiger partial charge in [-0.05, 0) is 49.4 Å². The lowest BCUT2D eigenvalue weighted by Crippen LogP contribution is -2.38. The summed E-state index contributed by atoms with van der Waals surface area (Å²) in [5.41, 5.74) is 2.71. The topological polar surface area (TPSA) is 58.2 Å². The number of benzene rings is 1. The van der Waals surface area contributed by atoms with Crippen LogP contribution >= 0.6 is 0 Å². The Bertz CT molecular complexity index is 678. The minimum atomic E-state index is 0.0223. The predicted molar refractivity (Wildman–Crippen MR) is 93.2 cm³/mol. The van der Waals surface area contributed by atoms with Gasteiger partial charge in [0.2, 0.25) is 0 Å². The highest BCUT2D eigenvalue weighted by atomic mass is 16.5. The van der Waals surface area contributed by atoms with Crippen molar-refractivity contribution in [2.75, 3.05) is 13.7 Å². The summed E-state index contributed by atoms with van der Waals surface area (Å²) in [5.74, 6) is 0.859. The van der Waals surface area contributed by atoms with Gasteiger partial charge in [-0.3, -0.25) is 9.89 Å². The number of ether oxygens (including phenoxy) is 1. The van der Waals surface area contributed by atoms with Crippen LogP contribution in [0.1, 0.15) is 60.4 Å². The Morgan fingerprint density at radius 1 is 1.33 bits per heavy atom. The summed E-state index contributed by atoms with van der Waals surface area (Å²) in [6.07, 6.45) is 5.13. The van der Waals surface area contributed by atoms with E-state index in [2.05, 4.69) is 29.3 Å². The van der Waals surface area contributed by atoms with Gasteiger partial charge in [0.25, 0.3) is 5.91 Å². The van der Waals surface area contributed by atoms with Crippen molar-refractivity contribution >= 4 is 5.91 Å². The van der Waals surface area contributed by atoms with Crippen LogP contribution in [0.2, 0.25) is 0 Å². The largest absolute Gasteiger partial charge is 0.497 e. The van der Waals surface area contributed by atoms with Gasteiger partial charge in [-0.25, -0.2) is 0 Å². The van der Waals surface area contributed by atoms with Crippen LogP contribution in [-0.4, -0.2) is 34.7 Å². The molecule has 2 heterocycles. The van der Waals surface area contributed by atoms with Crippen LogP contribution in [0.25, 0.3) is 0 Å². The normalized spacial score (nSPS) is 17.8. The molecule has 1 saturated heterocycles. The Morgan fingerprint density at radius 2 is 2.12 bits per heavy atom. The number of nitrogens with one attached hydrogen (secondary N) is 1. The number of carbonyl (C=O) groups excluding carboxylic acids is 1. The fourth-order valence-electron chi connectivity index (χ4n) is 3.36. The highest BCUT2D eigenvalue weighted by Crippen LogP contribution is 2.32. The molecule has 5 heteroatoms. The molecular weight excluding hydrogens is 302 g/mol. The number of hydrogen-bond acceptors (Lipinski definition) is 3. The maximum atomic E-state index is 12.9. The highest BCUT2D eigenvalue weighted by molar-refractivity contribution is 5.92. The van der Waals surface area contributed by atoms with Crippen molar-refractivity contribution in [3.05, 3.63) is 47.3 Å². The van der Waals surface area contributed by atoms with E-state index in [0.717, 1.165) is 55.7 Å². The molecule has 1 aliphatic heterocycles. The van der Waals surface area contributed by atoms with Crippen LogP contribution in [0.15, 0.2) is 30.3 Å². The summed E-state index contributed by atoms with van der Waals surface area (Å²) in [5, 5.41) is 7.21. The average molecular weight is 327 g/mol. The van der Waals surface area contributed by atoms with Gasteiger partial charge in [0, 0.05) is 12.2 Å². The second-order valence-electron chi connectivity index (χ2n) is 6.31. The summed E-state index contributed by atoms with van der Waals surface area (Å²) in [7, 11) is 1.66. The molecule has 0 radical (unpaired) electrons. The first kappa shape index (κ1) is 16.6. The molecule has 0 bridgehead atoms. The molecule has 24 heavy (non-hydrogen) atoms. The molecule has 0 unspecified atom stereocenters. The number of hydrogen-bond donors (Lipinski definition) is 1. The van der Waals surface area contributed by atoms with Gasteiger partial charge < -0.3 is 9.64 Å². The van der Waals surface area contributed by atoms with Crippen LogP contribution < -0.4 is 4.74 Å². The SMILES string of the molecule is CCCc1cc(C(=O)N2CCCC[C@H]2c2ccc(OC)cc2)n[nH]1. The van der Waals surface area contributed by atoms with E-state index in [1.54, 1.807) is 7.11 Å². The van der Waals surface area contributed by atoms with E-state index < -0.39 is 0 Å². The second kappa shape index (κ2) is 7.51. The molecule has 0 saturated carbocycles. The van der Waals surface area contributed by atoms with E-state index in [4.69, 9.17) is 4.74 Å². The first-order valence-electron chi connectivity index (χ1n) is 8.72. The van der Waals surface area contributed by atoms with Crippen LogP contribution in [0.4, 0.5) is 0 Å². The Balaban J connectivity index is 1.81. The zero-order chi connectivity index (χ0) is 16.9. The number of H-pyrrole nitrogens is 1. The summed E-state index contributed by atoms with van der Waals surface area (Å²) >= 11 is 0. The second-order valence-corrected chi connectivity index (χ2v) is 6.31. The van der Waals surface area contributed by atoms with Crippen molar-refractivity contribution in [3.8, 4) is 5.75 Å². The first-order chi connectivity index (χ1) is 11.7. The van der Waals surface area contributed by atoms with Crippen molar-refractivity contribution in [2.45, 2.75) is 45.1 Å². The van der Waals surface area contributed by atoms with Crippen LogP contribution in [0, 0.1) is 0 Å². The lowest BCUT2D eigenvalue weighted by atomic mass is 9.95. The van der Waals surface area contributed by atoms with Gasteiger partial charge in [-0.15, -0.1) is 0 Å². The zero-order valence-electron chi connectivity index (χ0n) is 14.4. The Kier molecular flexibility index (Phi) is 5.18. The molecule has 0 spiro atoms. The lowest BCUT2D eigenvalue weighted by Gasteiger charge is -2.35. The minimum Gasteiger partial charge on any atom is -0.497 e. The van der Waals surface area contributed by atoms with Crippen LogP contribution in [0.5, 0.6) is 5.75 Å². The summed E-state index contributed by atoms with van der Waals surface area (Å²) < 4.78 is 5.23. The molecule has 0 aliphatic carbocycles. The van der Waals surface area contributed by atoms with Crippen molar-refractivity contribution in [3.63, 3.8) is 0 Å². The fraction of sp³-hybridized carbons (Fsp3) is 0.474. The predicted octanol–water partition coefficient (Wildman–Crippen LogP) is 3.74. The number of aryl methyl sites for hydroxylation is 1. The van der Waals surface area contributed by atoms with E-state index in [9.17, 15) is 4.79 Å². The smallest absolute Gasteiger partial charge is 0.274 e. The van der Waals surface area contributed by atoms with Crippen molar-refractivity contribution < 1.29 is 9.53 Å². The third-order valence-electron chi connectivity index (χ3n) is 4.63. The van der Waals surface area contributed by atoms with Crippen molar-refractivity contribution in [1.29, 1.82) is 0 Å². The molecule has 1 amide bonds. The third kappa shape index (κ3) is 3.45. The molecule has 1 fully saturated rings. The summed E-state index contributed by atoms with van der Waals surface area (Å²) in [6.45, 7) is 2.90. The molecule has 1 aromatic carbocycles. The maximum Gasteiger partial charge on any atom is 0.274 e. The van der Waals surface area contributed by atoms with Gasteiger partial charge in [-0.2, -0.15) is 5.10 Å². The van der Waals surface area contributed by atoms with Crippen molar-refractivity contribution in [2.24, 2.45) is 0 Å². The highest BCUT2D eigenvalue weighted by Gasteiger charge is 2.29. The number of likely N-dealkylation sites (tertiary alicyclic amines) is 1. The zero-order valence-corrected chi connectivity index (χ0v) is 14.4. The molecule has 1 aromatic heterocycles. The molecule has 3 rings (SSSR count). The van der Waals surface area contributed by atoms with E-state index >= 15 is 0 Å². The summed E-state index contributed by atoms with van der Waals surface area (Å²) in [6, 6.07) is 10.0. The molecule has 128 valence electrons. The van der Waals surface area contributed by atoms with Gasteiger partial charge >= 0.3 is 0 Å². The number of nitrogens with zero attached hydrogens (tertiary/aromatic N) is 2. The Labute approximate surface area is 143 Å². The standard InChI is InChI=1S/C19H25N3O2/c1-3-6-15-13-17(21-20-15)19(23)22-12-5-4-7-18(22)14-8-10-16(24-2)11-9-14/h8-11,13,18H,3-7,12H2,1-2H3,(H,20,21)/t18-/m0/s1. The Morgan fingerprint density at radius 3 is 2.83 bits per heavy atom. The molecule has 5 nitrogen and oxygen atoms in total. The number of piperidine rings is 1. The number of methoxy groups -OCH3 is 1. The van der Waals surface area contributed by atoms with Crippen LogP contribution in [-0.2, 0) is 6.42 Å². The van der Waals surface area contributed by atoms with Gasteiger partial charge in [0.1, 0.15) is 11.4 Å². The van der Waals surface area contributed by atoms with E-state index in [-0.39, 0.29) is 11.9 Å². The summed E-state index contributed by atoms with van der Waals surface area (Å²) in [4.78, 5) is 14.9. The number of aromatic amines is 1. The fourth-order valence-corrected chi connectivity index (χ4v) is 3.36. The number of rotatable bonds is 5.